The largest absolute Gasteiger partial charge is 0.462 e. The molecule has 2 aromatic heterocycles. The first-order chi connectivity index (χ1) is 16.2. The monoisotopic (exact) mass is 457 g/mol. The van der Waals surface area contributed by atoms with Gasteiger partial charge in [-0.3, -0.25) is 0 Å². The first kappa shape index (κ1) is 21.0. The zero-order valence-corrected chi connectivity index (χ0v) is 18.9. The van der Waals surface area contributed by atoms with E-state index in [1.54, 1.807) is 42.5 Å². The smallest absolute Gasteiger partial charge is 0.338 e. The lowest BCUT2D eigenvalue weighted by Crippen LogP contribution is -2.37. The van der Waals surface area contributed by atoms with Crippen LogP contribution in [0.25, 0.3) is 5.69 Å². The molecule has 3 heterocycles. The Kier molecular flexibility index (Phi) is 5.71. The zero-order chi connectivity index (χ0) is 22.8. The van der Waals surface area contributed by atoms with Crippen molar-refractivity contribution in [3.8, 4) is 5.69 Å². The van der Waals surface area contributed by atoms with Gasteiger partial charge >= 0.3 is 12.0 Å². The molecule has 0 fully saturated rings. The van der Waals surface area contributed by atoms with Gasteiger partial charge in [0.05, 0.1) is 30.1 Å². The first-order valence-electron chi connectivity index (χ1n) is 10.8. The van der Waals surface area contributed by atoms with Crippen LogP contribution in [0.4, 0.5) is 10.5 Å². The number of carbonyl (C=O) groups excluding carboxylic acids is 2. The predicted octanol–water partition coefficient (Wildman–Crippen LogP) is 5.85. The van der Waals surface area contributed by atoms with Crippen molar-refractivity contribution >= 4 is 29.0 Å². The molecule has 0 saturated heterocycles. The second-order valence-corrected chi connectivity index (χ2v) is 8.68. The summed E-state index contributed by atoms with van der Waals surface area (Å²) in [5.41, 5.74) is 4.25. The van der Waals surface area contributed by atoms with Gasteiger partial charge in [-0.05, 0) is 66.4 Å². The number of thiophene rings is 1. The lowest BCUT2D eigenvalue weighted by molar-refractivity contribution is 0.0526. The molecule has 2 amide bonds. The van der Waals surface area contributed by atoms with Gasteiger partial charge in [0.25, 0.3) is 0 Å². The summed E-state index contributed by atoms with van der Waals surface area (Å²) in [6.07, 6.45) is 2.05. The van der Waals surface area contributed by atoms with Crippen LogP contribution in [0.2, 0.25) is 0 Å². The number of nitrogens with zero attached hydrogens (tertiary/aromatic N) is 2. The highest BCUT2D eigenvalue weighted by atomic mass is 32.1. The molecule has 7 heteroatoms. The third-order valence-corrected chi connectivity index (χ3v) is 6.61. The lowest BCUT2D eigenvalue weighted by atomic mass is 10.1. The fourth-order valence-corrected chi connectivity index (χ4v) is 5.03. The molecule has 0 aliphatic carbocycles. The molecule has 0 radical (unpaired) electrons. The maximum Gasteiger partial charge on any atom is 0.338 e. The van der Waals surface area contributed by atoms with E-state index in [2.05, 4.69) is 34.1 Å². The van der Waals surface area contributed by atoms with Gasteiger partial charge in [0.1, 0.15) is 6.04 Å². The Bertz CT molecular complexity index is 1280. The molecule has 1 aliphatic rings. The van der Waals surface area contributed by atoms with Crippen LogP contribution in [0.15, 0.2) is 84.4 Å². The van der Waals surface area contributed by atoms with Crippen molar-refractivity contribution in [2.75, 3.05) is 11.9 Å². The van der Waals surface area contributed by atoms with Crippen LogP contribution in [0.3, 0.4) is 0 Å². The lowest BCUT2D eigenvalue weighted by Gasteiger charge is -2.30. The minimum Gasteiger partial charge on any atom is -0.462 e. The summed E-state index contributed by atoms with van der Waals surface area (Å²) in [7, 11) is 0. The molecule has 1 aliphatic heterocycles. The second-order valence-electron chi connectivity index (χ2n) is 7.71. The summed E-state index contributed by atoms with van der Waals surface area (Å²) >= 11 is 1.64. The Balaban J connectivity index is 1.49. The Morgan fingerprint density at radius 2 is 1.85 bits per heavy atom. The number of carbonyl (C=O) groups is 2. The average Bonchev–Trinajstić information content (AvgIpc) is 3.51. The van der Waals surface area contributed by atoms with Gasteiger partial charge in [0.15, 0.2) is 0 Å². The van der Waals surface area contributed by atoms with E-state index in [0.29, 0.717) is 24.4 Å². The highest BCUT2D eigenvalue weighted by Crippen LogP contribution is 2.38. The molecular weight excluding hydrogens is 434 g/mol. The van der Waals surface area contributed by atoms with Gasteiger partial charge in [0, 0.05) is 16.8 Å². The van der Waals surface area contributed by atoms with Crippen molar-refractivity contribution in [3.63, 3.8) is 0 Å². The Morgan fingerprint density at radius 1 is 1.03 bits per heavy atom. The number of hydrogen-bond donors (Lipinski definition) is 1. The fourth-order valence-electron chi connectivity index (χ4n) is 4.18. The summed E-state index contributed by atoms with van der Waals surface area (Å²) in [6, 6.07) is 22.6. The molecule has 2 aromatic carbocycles. The van der Waals surface area contributed by atoms with Gasteiger partial charge in [-0.25, -0.2) is 9.59 Å². The third-order valence-electron chi connectivity index (χ3n) is 5.68. The van der Waals surface area contributed by atoms with Gasteiger partial charge in [0.2, 0.25) is 0 Å². The molecule has 1 atom stereocenters. The van der Waals surface area contributed by atoms with E-state index in [1.807, 2.05) is 40.7 Å². The molecule has 33 heavy (non-hydrogen) atoms. The van der Waals surface area contributed by atoms with Gasteiger partial charge in [-0.1, -0.05) is 24.3 Å². The number of urea groups is 1. The number of rotatable bonds is 4. The van der Waals surface area contributed by atoms with Crippen molar-refractivity contribution in [2.45, 2.75) is 19.5 Å². The van der Waals surface area contributed by atoms with E-state index >= 15 is 0 Å². The Morgan fingerprint density at radius 3 is 2.61 bits per heavy atom. The molecular formula is C26H23N3O3S. The number of ether oxygens (including phenoxy) is 1. The van der Waals surface area contributed by atoms with Crippen molar-refractivity contribution in [2.24, 2.45) is 0 Å². The Hall–Kier alpha value is -3.84. The van der Waals surface area contributed by atoms with E-state index in [1.165, 1.54) is 0 Å². The topological polar surface area (TPSA) is 63.6 Å². The van der Waals surface area contributed by atoms with Gasteiger partial charge in [-0.15, -0.1) is 11.3 Å². The minimum atomic E-state index is -0.377. The fraction of sp³-hybridized carbons (Fsp3) is 0.154. The molecule has 4 aromatic rings. The van der Waals surface area contributed by atoms with E-state index in [-0.39, 0.29) is 18.0 Å². The van der Waals surface area contributed by atoms with Crippen LogP contribution in [-0.4, -0.2) is 28.1 Å². The average molecular weight is 458 g/mol. The molecule has 1 N–H and O–H groups in total. The van der Waals surface area contributed by atoms with E-state index in [9.17, 15) is 9.59 Å². The van der Waals surface area contributed by atoms with Crippen molar-refractivity contribution in [3.05, 3.63) is 106 Å². The zero-order valence-electron chi connectivity index (χ0n) is 18.1. The third kappa shape index (κ3) is 4.03. The number of hydrogen-bond acceptors (Lipinski definition) is 4. The SMILES string of the molecule is CCOC(=O)c1ccc(NC(=O)N2Cc3ccccc3-n3cccc3C2c2cccs2)cc1. The number of benzene rings is 2. The quantitative estimate of drug-likeness (QED) is 0.391. The first-order valence-corrected chi connectivity index (χ1v) is 11.7. The highest BCUT2D eigenvalue weighted by Gasteiger charge is 2.33. The van der Waals surface area contributed by atoms with E-state index < -0.39 is 0 Å². The maximum atomic E-state index is 13.6. The molecule has 1 unspecified atom stereocenters. The minimum absolute atomic E-state index is 0.207. The van der Waals surface area contributed by atoms with Crippen LogP contribution in [0.5, 0.6) is 0 Å². The molecule has 166 valence electrons. The van der Waals surface area contributed by atoms with Crippen molar-refractivity contribution < 1.29 is 14.3 Å². The summed E-state index contributed by atoms with van der Waals surface area (Å²) in [4.78, 5) is 28.5. The van der Waals surface area contributed by atoms with E-state index in [0.717, 1.165) is 21.8 Å². The number of para-hydroxylation sites is 1. The van der Waals surface area contributed by atoms with Crippen LogP contribution in [-0.2, 0) is 11.3 Å². The summed E-state index contributed by atoms with van der Waals surface area (Å²) in [5, 5.41) is 5.05. The standard InChI is InChI=1S/C26H23N3O3S/c1-2-32-25(30)18-11-13-20(14-12-18)27-26(31)29-17-19-7-3-4-8-21(19)28-15-5-9-22(28)24(29)23-10-6-16-33-23/h3-16,24H,2,17H2,1H3,(H,27,31). The normalized spacial score (nSPS) is 14.7. The van der Waals surface area contributed by atoms with Crippen LogP contribution in [0.1, 0.15) is 39.5 Å². The summed E-state index contributed by atoms with van der Waals surface area (Å²) < 4.78 is 7.20. The van der Waals surface area contributed by atoms with Crippen LogP contribution in [0, 0.1) is 0 Å². The van der Waals surface area contributed by atoms with Gasteiger partial charge < -0.3 is 19.5 Å². The highest BCUT2D eigenvalue weighted by molar-refractivity contribution is 7.10. The second kappa shape index (κ2) is 8.96. The summed E-state index contributed by atoms with van der Waals surface area (Å²) in [5.74, 6) is -0.377. The molecule has 5 rings (SSSR count). The van der Waals surface area contributed by atoms with Crippen LogP contribution >= 0.6 is 11.3 Å². The molecule has 0 saturated carbocycles. The van der Waals surface area contributed by atoms with Crippen LogP contribution < -0.4 is 5.32 Å². The van der Waals surface area contributed by atoms with E-state index in [4.69, 9.17) is 4.74 Å². The molecule has 6 nitrogen and oxygen atoms in total. The van der Waals surface area contributed by atoms with Gasteiger partial charge in [-0.2, -0.15) is 0 Å². The number of esters is 1. The number of anilines is 1. The Labute approximate surface area is 196 Å². The number of nitrogens with one attached hydrogen (secondary N) is 1. The predicted molar refractivity (Wildman–Crippen MR) is 129 cm³/mol. The van der Waals surface area contributed by atoms with Crippen molar-refractivity contribution in [1.29, 1.82) is 0 Å². The molecule has 0 bridgehead atoms. The number of aromatic nitrogens is 1. The van der Waals surface area contributed by atoms with Crippen molar-refractivity contribution in [1.82, 2.24) is 9.47 Å². The number of amides is 2. The summed E-state index contributed by atoms with van der Waals surface area (Å²) in [6.45, 7) is 2.55. The maximum absolute atomic E-state index is 13.6. The number of fused-ring (bicyclic) bond motifs is 3. The molecule has 0 spiro atoms.